The number of carbonyl (C=O) groups is 4. The van der Waals surface area contributed by atoms with Gasteiger partial charge in [-0.3, -0.25) is 37.3 Å². The summed E-state index contributed by atoms with van der Waals surface area (Å²) in [5.41, 5.74) is 0. The van der Waals surface area contributed by atoms with Crippen LogP contribution in [0.15, 0.2) is 0 Å². The molecule has 0 aliphatic rings. The van der Waals surface area contributed by atoms with Gasteiger partial charge in [-0.2, -0.15) is 0 Å². The predicted molar refractivity (Wildman–Crippen MR) is 455 cm³/mol. The molecule has 0 radical (unpaired) electrons. The van der Waals surface area contributed by atoms with Gasteiger partial charge in [0.05, 0.1) is 26.4 Å². The van der Waals surface area contributed by atoms with Crippen LogP contribution in [-0.4, -0.2) is 96.7 Å². The average molecular weight is 1610 g/mol. The van der Waals surface area contributed by atoms with Crippen molar-refractivity contribution >= 4 is 39.5 Å². The Labute approximate surface area is 677 Å². The summed E-state index contributed by atoms with van der Waals surface area (Å²) < 4.78 is 69.0. The van der Waals surface area contributed by atoms with Crippen molar-refractivity contribution in [3.63, 3.8) is 0 Å². The average Bonchev–Trinajstić information content (AvgIpc) is 0.898. The highest BCUT2D eigenvalue weighted by Gasteiger charge is 2.31. The van der Waals surface area contributed by atoms with E-state index in [2.05, 4.69) is 55.4 Å². The highest BCUT2D eigenvalue weighted by atomic mass is 31.2. The van der Waals surface area contributed by atoms with Crippen molar-refractivity contribution in [3.05, 3.63) is 0 Å². The van der Waals surface area contributed by atoms with Gasteiger partial charge in [0.2, 0.25) is 0 Å². The topological polar surface area (TPSA) is 237 Å². The highest BCUT2D eigenvalue weighted by Crippen LogP contribution is 2.45. The molecule has 0 saturated heterocycles. The number of aliphatic hydroxyl groups is 1. The zero-order valence-electron chi connectivity index (χ0n) is 72.9. The number of phosphoric acid groups is 2. The summed E-state index contributed by atoms with van der Waals surface area (Å²) in [5, 5.41) is 10.7. The van der Waals surface area contributed by atoms with Gasteiger partial charge in [0.1, 0.15) is 19.3 Å². The lowest BCUT2D eigenvalue weighted by Gasteiger charge is -2.21. The Kier molecular flexibility index (Phi) is 78.1. The van der Waals surface area contributed by atoms with E-state index in [4.69, 9.17) is 37.0 Å². The molecule has 0 heterocycles. The Morgan fingerprint density at radius 2 is 0.436 bits per heavy atom. The van der Waals surface area contributed by atoms with Crippen LogP contribution in [0.1, 0.15) is 479 Å². The molecule has 0 aliphatic carbocycles. The van der Waals surface area contributed by atoms with Crippen LogP contribution in [0.5, 0.6) is 0 Å². The number of rotatable bonds is 88. The van der Waals surface area contributed by atoms with Gasteiger partial charge in [-0.05, 0) is 49.4 Å². The van der Waals surface area contributed by atoms with Crippen molar-refractivity contribution in [2.45, 2.75) is 497 Å². The molecule has 0 bridgehead atoms. The van der Waals surface area contributed by atoms with Crippen molar-refractivity contribution < 1.29 is 80.2 Å². The Morgan fingerprint density at radius 1 is 0.255 bits per heavy atom. The lowest BCUT2D eigenvalue weighted by molar-refractivity contribution is -0.161. The molecule has 110 heavy (non-hydrogen) atoms. The van der Waals surface area contributed by atoms with Gasteiger partial charge in [0, 0.05) is 25.7 Å². The summed E-state index contributed by atoms with van der Waals surface area (Å²) in [6.07, 6.45) is 71.0. The molecule has 0 aromatic heterocycles. The van der Waals surface area contributed by atoms with Crippen molar-refractivity contribution in [2.75, 3.05) is 39.6 Å². The highest BCUT2D eigenvalue weighted by molar-refractivity contribution is 7.47. The summed E-state index contributed by atoms with van der Waals surface area (Å²) in [5.74, 6) is 1.10. The molecule has 0 rings (SSSR count). The van der Waals surface area contributed by atoms with Gasteiger partial charge in [-0.15, -0.1) is 0 Å². The number of unbranched alkanes of at least 4 members (excludes halogenated alkanes) is 53. The molecule has 0 aromatic rings. The first-order valence-corrected chi connectivity index (χ1v) is 49.7. The third-order valence-electron chi connectivity index (χ3n) is 21.7. The van der Waals surface area contributed by atoms with E-state index >= 15 is 0 Å². The fourth-order valence-corrected chi connectivity index (χ4v) is 15.7. The normalized spacial score (nSPS) is 14.1. The van der Waals surface area contributed by atoms with Gasteiger partial charge in [0.15, 0.2) is 12.2 Å². The summed E-state index contributed by atoms with van der Waals surface area (Å²) in [6.45, 7) is 14.4. The number of hydrogen-bond acceptors (Lipinski definition) is 15. The Hall–Kier alpha value is -1.94. The number of phosphoric ester groups is 2. The summed E-state index contributed by atoms with van der Waals surface area (Å²) in [7, 11) is -9.94. The minimum Gasteiger partial charge on any atom is -0.462 e. The first-order valence-electron chi connectivity index (χ1n) is 46.7. The lowest BCUT2D eigenvalue weighted by atomic mass is 9.99. The second-order valence-corrected chi connectivity index (χ2v) is 37.3. The Balaban J connectivity index is 5.22. The van der Waals surface area contributed by atoms with E-state index in [0.29, 0.717) is 31.6 Å². The van der Waals surface area contributed by atoms with Crippen LogP contribution in [0.3, 0.4) is 0 Å². The SMILES string of the molecule is CCC(C)CCCCCCCCCCCCCCCCCCCCC(=O)O[C@H](COC(=O)CCCCCCCCCCCCCCCCCCC(C)C)COP(=O)(O)OCC(O)COP(=O)(O)OC[C@@H](COC(=O)CCCCCCCCCC(C)C)OC(=O)CCCCCCCCCCCCCCCCCCC(C)C. The molecule has 654 valence electrons. The molecule has 0 aliphatic heterocycles. The number of esters is 4. The quantitative estimate of drug-likeness (QED) is 0.0222. The van der Waals surface area contributed by atoms with E-state index in [1.807, 2.05) is 0 Å². The molecule has 0 fully saturated rings. The standard InChI is InChI=1S/C91H178O17P2/c1-9-84(8)70-62-54-46-38-32-26-20-12-10-11-13-22-28-34-40-48-57-65-73-90(95)107-86(77-101-88(93)71-63-55-47-39-33-27-21-16-14-18-24-30-36-43-51-59-67-81(2)3)79-105-109(97,98)103-75-85(92)76-104-110(99,100)106-80-87(78-102-89(94)72-64-56-50-42-45-53-61-69-83(6)7)108-91(96)74-66-58-49-41-35-29-23-17-15-19-25-31-37-44-52-60-68-82(4)5/h81-87,92H,9-80H2,1-8H3,(H,97,98)(H,99,100)/t84?,85?,86-,87-/m1/s1. The largest absolute Gasteiger partial charge is 0.472 e. The van der Waals surface area contributed by atoms with Crippen molar-refractivity contribution in [1.29, 1.82) is 0 Å². The number of ether oxygens (including phenoxy) is 4. The third kappa shape index (κ3) is 82.6. The number of hydrogen-bond donors (Lipinski definition) is 3. The van der Waals surface area contributed by atoms with Crippen molar-refractivity contribution in [2.24, 2.45) is 23.7 Å². The predicted octanol–water partition coefficient (Wildman–Crippen LogP) is 27.9. The summed E-state index contributed by atoms with van der Waals surface area (Å²) in [6, 6.07) is 0. The minimum absolute atomic E-state index is 0.107. The van der Waals surface area contributed by atoms with E-state index in [1.165, 1.54) is 276 Å². The van der Waals surface area contributed by atoms with Gasteiger partial charge in [-0.1, -0.05) is 428 Å². The fourth-order valence-electron chi connectivity index (χ4n) is 14.2. The zero-order chi connectivity index (χ0) is 80.9. The lowest BCUT2D eigenvalue weighted by Crippen LogP contribution is -2.30. The first-order chi connectivity index (χ1) is 53.1. The number of aliphatic hydroxyl groups excluding tert-OH is 1. The molecule has 0 aromatic carbocycles. The molecule has 6 atom stereocenters. The van der Waals surface area contributed by atoms with Crippen LogP contribution in [0.2, 0.25) is 0 Å². The molecule has 19 heteroatoms. The molecule has 0 spiro atoms. The monoisotopic (exact) mass is 1610 g/mol. The summed E-state index contributed by atoms with van der Waals surface area (Å²) in [4.78, 5) is 73.4. The molecule has 3 N–H and O–H groups in total. The van der Waals surface area contributed by atoms with Crippen LogP contribution in [-0.2, 0) is 65.4 Å². The smallest absolute Gasteiger partial charge is 0.462 e. The second kappa shape index (κ2) is 79.5. The maximum Gasteiger partial charge on any atom is 0.472 e. The van der Waals surface area contributed by atoms with E-state index in [0.717, 1.165) is 114 Å². The van der Waals surface area contributed by atoms with E-state index in [-0.39, 0.29) is 25.7 Å². The van der Waals surface area contributed by atoms with Crippen LogP contribution >= 0.6 is 15.6 Å². The van der Waals surface area contributed by atoms with Crippen molar-refractivity contribution in [3.8, 4) is 0 Å². The number of carbonyl (C=O) groups excluding carboxylic acids is 4. The zero-order valence-corrected chi connectivity index (χ0v) is 74.7. The molecular weight excluding hydrogens is 1430 g/mol. The molecule has 0 saturated carbocycles. The van der Waals surface area contributed by atoms with E-state index < -0.39 is 97.5 Å². The van der Waals surface area contributed by atoms with E-state index in [1.54, 1.807) is 0 Å². The third-order valence-corrected chi connectivity index (χ3v) is 23.6. The minimum atomic E-state index is -4.97. The van der Waals surface area contributed by atoms with Crippen LogP contribution < -0.4 is 0 Å². The van der Waals surface area contributed by atoms with Gasteiger partial charge < -0.3 is 33.8 Å². The van der Waals surface area contributed by atoms with Crippen LogP contribution in [0, 0.1) is 23.7 Å². The van der Waals surface area contributed by atoms with Gasteiger partial charge in [0.25, 0.3) is 0 Å². The Morgan fingerprint density at radius 3 is 0.645 bits per heavy atom. The second-order valence-electron chi connectivity index (χ2n) is 34.4. The van der Waals surface area contributed by atoms with Crippen LogP contribution in [0.25, 0.3) is 0 Å². The van der Waals surface area contributed by atoms with Gasteiger partial charge >= 0.3 is 39.5 Å². The fraction of sp³-hybridized carbons (Fsp3) is 0.956. The van der Waals surface area contributed by atoms with Crippen molar-refractivity contribution in [1.82, 2.24) is 0 Å². The van der Waals surface area contributed by atoms with Gasteiger partial charge in [-0.25, -0.2) is 9.13 Å². The maximum atomic E-state index is 13.2. The molecule has 0 amide bonds. The molecule has 4 unspecified atom stereocenters. The van der Waals surface area contributed by atoms with E-state index in [9.17, 15) is 43.2 Å². The summed E-state index contributed by atoms with van der Waals surface area (Å²) >= 11 is 0. The molecule has 17 nitrogen and oxygen atoms in total. The Bertz CT molecular complexity index is 2130. The first kappa shape index (κ1) is 108. The molecular formula is C91H178O17P2. The van der Waals surface area contributed by atoms with Crippen LogP contribution in [0.4, 0.5) is 0 Å². The maximum absolute atomic E-state index is 13.2.